The van der Waals surface area contributed by atoms with Gasteiger partial charge in [0.1, 0.15) is 23.8 Å². The molecule has 0 fully saturated rings. The number of terminal acetylenes is 1. The van der Waals surface area contributed by atoms with E-state index in [9.17, 15) is 4.79 Å². The Morgan fingerprint density at radius 3 is 2.90 bits per heavy atom. The van der Waals surface area contributed by atoms with E-state index in [-0.39, 0.29) is 12.4 Å². The third-order valence-electron chi connectivity index (χ3n) is 3.08. The van der Waals surface area contributed by atoms with E-state index in [1.165, 1.54) is 4.68 Å². The molecule has 5 heteroatoms. The summed E-state index contributed by atoms with van der Waals surface area (Å²) >= 11 is 0. The van der Waals surface area contributed by atoms with Crippen LogP contribution in [0.15, 0.2) is 18.2 Å². The number of hydrogen-bond acceptors (Lipinski definition) is 4. The van der Waals surface area contributed by atoms with Crippen molar-refractivity contribution in [3.63, 3.8) is 0 Å². The molecular formula is C16H17N3O2. The van der Waals surface area contributed by atoms with Gasteiger partial charge in [0.2, 0.25) is 0 Å². The van der Waals surface area contributed by atoms with Crippen molar-refractivity contribution in [1.29, 1.82) is 0 Å². The number of carbonyl (C=O) groups is 1. The zero-order valence-corrected chi connectivity index (χ0v) is 12.1. The average molecular weight is 283 g/mol. The summed E-state index contributed by atoms with van der Waals surface area (Å²) in [4.78, 5) is 11.4. The Hall–Kier alpha value is -2.74. The van der Waals surface area contributed by atoms with Gasteiger partial charge in [0, 0.05) is 5.56 Å². The maximum absolute atomic E-state index is 11.4. The van der Waals surface area contributed by atoms with Crippen LogP contribution < -0.4 is 10.5 Å². The molecule has 2 rings (SSSR count). The smallest absolute Gasteiger partial charge is 0.156 e. The second kappa shape index (κ2) is 6.14. The summed E-state index contributed by atoms with van der Waals surface area (Å²) in [6.45, 7) is 4.59. The number of nitrogen functional groups attached to an aromatic ring is 1. The number of aldehydes is 1. The van der Waals surface area contributed by atoms with Gasteiger partial charge in [-0.2, -0.15) is 5.10 Å². The van der Waals surface area contributed by atoms with Crippen molar-refractivity contribution in [2.75, 3.05) is 12.3 Å². The topological polar surface area (TPSA) is 70.1 Å². The van der Waals surface area contributed by atoms with E-state index in [1.807, 2.05) is 32.0 Å². The average Bonchev–Trinajstić information content (AvgIpc) is 2.78. The number of anilines is 1. The Bertz CT molecular complexity index is 711. The van der Waals surface area contributed by atoms with Crippen LogP contribution in [0.25, 0.3) is 11.3 Å². The molecule has 0 aliphatic heterocycles. The number of aromatic nitrogens is 2. The molecule has 0 unspecified atom stereocenters. The molecule has 1 heterocycles. The Morgan fingerprint density at radius 2 is 2.29 bits per heavy atom. The SMILES string of the molecule is C#CCn1nc(-c2cc(C)ccc2OCC)c(C=O)c1N. The maximum Gasteiger partial charge on any atom is 0.156 e. The van der Waals surface area contributed by atoms with Crippen molar-refractivity contribution in [1.82, 2.24) is 9.78 Å². The largest absolute Gasteiger partial charge is 0.493 e. The first-order valence-corrected chi connectivity index (χ1v) is 6.61. The number of hydrogen-bond donors (Lipinski definition) is 1. The van der Waals surface area contributed by atoms with Gasteiger partial charge in [-0.15, -0.1) is 6.42 Å². The molecule has 1 aromatic carbocycles. The van der Waals surface area contributed by atoms with Crippen LogP contribution in [0.1, 0.15) is 22.8 Å². The minimum atomic E-state index is 0.211. The third kappa shape index (κ3) is 2.75. The molecule has 21 heavy (non-hydrogen) atoms. The zero-order valence-electron chi connectivity index (χ0n) is 12.1. The summed E-state index contributed by atoms with van der Waals surface area (Å²) in [5.74, 6) is 3.39. The van der Waals surface area contributed by atoms with Crippen molar-refractivity contribution >= 4 is 12.1 Å². The fourth-order valence-electron chi connectivity index (χ4n) is 2.12. The Labute approximate surface area is 123 Å². The minimum Gasteiger partial charge on any atom is -0.493 e. The third-order valence-corrected chi connectivity index (χ3v) is 3.08. The highest BCUT2D eigenvalue weighted by atomic mass is 16.5. The number of nitrogens with zero attached hydrogens (tertiary/aromatic N) is 2. The van der Waals surface area contributed by atoms with E-state index in [4.69, 9.17) is 16.9 Å². The van der Waals surface area contributed by atoms with Gasteiger partial charge in [-0.25, -0.2) is 4.68 Å². The van der Waals surface area contributed by atoms with Gasteiger partial charge in [-0.05, 0) is 26.0 Å². The summed E-state index contributed by atoms with van der Waals surface area (Å²) in [6.07, 6.45) is 5.99. The van der Waals surface area contributed by atoms with E-state index >= 15 is 0 Å². The van der Waals surface area contributed by atoms with E-state index in [0.29, 0.717) is 29.9 Å². The molecule has 0 aliphatic rings. The first-order chi connectivity index (χ1) is 10.1. The molecule has 0 saturated carbocycles. The van der Waals surface area contributed by atoms with Gasteiger partial charge < -0.3 is 10.5 Å². The first kappa shape index (κ1) is 14.7. The summed E-state index contributed by atoms with van der Waals surface area (Å²) in [7, 11) is 0. The molecule has 5 nitrogen and oxygen atoms in total. The highest BCUT2D eigenvalue weighted by Gasteiger charge is 2.19. The Balaban J connectivity index is 2.66. The maximum atomic E-state index is 11.4. The molecule has 2 N–H and O–H groups in total. The molecule has 1 aromatic heterocycles. The molecule has 0 atom stereocenters. The van der Waals surface area contributed by atoms with Crippen molar-refractivity contribution in [3.8, 4) is 29.4 Å². The second-order valence-electron chi connectivity index (χ2n) is 4.56. The lowest BCUT2D eigenvalue weighted by Crippen LogP contribution is -2.03. The molecule has 0 saturated heterocycles. The Morgan fingerprint density at radius 1 is 1.52 bits per heavy atom. The van der Waals surface area contributed by atoms with Crippen LogP contribution in [0, 0.1) is 19.3 Å². The standard InChI is InChI=1S/C16H17N3O2/c1-4-8-19-16(17)13(10-20)15(18-19)12-9-11(3)6-7-14(12)21-5-2/h1,6-7,9-10H,5,8,17H2,2-3H3. The first-order valence-electron chi connectivity index (χ1n) is 6.61. The van der Waals surface area contributed by atoms with Crippen LogP contribution in [0.2, 0.25) is 0 Å². The van der Waals surface area contributed by atoms with Crippen molar-refractivity contribution in [2.24, 2.45) is 0 Å². The molecule has 0 spiro atoms. The molecule has 108 valence electrons. The lowest BCUT2D eigenvalue weighted by molar-refractivity contribution is 0.112. The van der Waals surface area contributed by atoms with Gasteiger partial charge in [0.25, 0.3) is 0 Å². The highest BCUT2D eigenvalue weighted by molar-refractivity contribution is 5.93. The molecule has 0 aliphatic carbocycles. The molecule has 2 aromatic rings. The predicted molar refractivity (Wildman–Crippen MR) is 82.2 cm³/mol. The van der Waals surface area contributed by atoms with E-state index in [1.54, 1.807) is 0 Å². The summed E-state index contributed by atoms with van der Waals surface area (Å²) in [5, 5.41) is 4.36. The molecule has 0 amide bonds. The molecule has 0 radical (unpaired) electrons. The number of carbonyl (C=O) groups excluding carboxylic acids is 1. The number of rotatable bonds is 5. The number of benzene rings is 1. The fraction of sp³-hybridized carbons (Fsp3) is 0.250. The van der Waals surface area contributed by atoms with E-state index < -0.39 is 0 Å². The van der Waals surface area contributed by atoms with Crippen LogP contribution in [0.5, 0.6) is 5.75 Å². The zero-order chi connectivity index (χ0) is 15.4. The van der Waals surface area contributed by atoms with Gasteiger partial charge in [0.15, 0.2) is 6.29 Å². The number of nitrogens with two attached hydrogens (primary N) is 1. The quantitative estimate of drug-likeness (QED) is 0.675. The number of ether oxygens (including phenoxy) is 1. The van der Waals surface area contributed by atoms with E-state index in [0.717, 1.165) is 11.1 Å². The van der Waals surface area contributed by atoms with Gasteiger partial charge >= 0.3 is 0 Å². The minimum absolute atomic E-state index is 0.211. The highest BCUT2D eigenvalue weighted by Crippen LogP contribution is 2.34. The number of aryl methyl sites for hydroxylation is 1. The van der Waals surface area contributed by atoms with Crippen LogP contribution in [-0.4, -0.2) is 22.7 Å². The molecular weight excluding hydrogens is 266 g/mol. The van der Waals surface area contributed by atoms with E-state index in [2.05, 4.69) is 11.0 Å². The van der Waals surface area contributed by atoms with Crippen molar-refractivity contribution in [2.45, 2.75) is 20.4 Å². The van der Waals surface area contributed by atoms with Crippen molar-refractivity contribution in [3.05, 3.63) is 29.3 Å². The summed E-state index contributed by atoms with van der Waals surface area (Å²) in [5.41, 5.74) is 8.53. The molecule has 0 bridgehead atoms. The summed E-state index contributed by atoms with van der Waals surface area (Å²) in [6, 6.07) is 5.72. The van der Waals surface area contributed by atoms with Crippen LogP contribution >= 0.6 is 0 Å². The predicted octanol–water partition coefficient (Wildman–Crippen LogP) is 2.29. The van der Waals surface area contributed by atoms with Gasteiger partial charge in [0.05, 0.1) is 12.2 Å². The van der Waals surface area contributed by atoms with Crippen LogP contribution in [-0.2, 0) is 6.54 Å². The van der Waals surface area contributed by atoms with Crippen LogP contribution in [0.4, 0.5) is 5.82 Å². The lowest BCUT2D eigenvalue weighted by atomic mass is 10.0. The lowest BCUT2D eigenvalue weighted by Gasteiger charge is -2.09. The normalized spacial score (nSPS) is 10.1. The van der Waals surface area contributed by atoms with Gasteiger partial charge in [-0.3, -0.25) is 4.79 Å². The van der Waals surface area contributed by atoms with Crippen molar-refractivity contribution < 1.29 is 9.53 Å². The van der Waals surface area contributed by atoms with Gasteiger partial charge in [-0.1, -0.05) is 17.6 Å². The Kier molecular flexibility index (Phi) is 4.29. The fourth-order valence-corrected chi connectivity index (χ4v) is 2.12. The van der Waals surface area contributed by atoms with Crippen LogP contribution in [0.3, 0.4) is 0 Å². The summed E-state index contributed by atoms with van der Waals surface area (Å²) < 4.78 is 7.05. The monoisotopic (exact) mass is 283 g/mol. The second-order valence-corrected chi connectivity index (χ2v) is 4.56.